The lowest BCUT2D eigenvalue weighted by atomic mass is 9.67. The largest absolute Gasteiger partial charge is 0.310 e. The van der Waals surface area contributed by atoms with Crippen LogP contribution in [0.15, 0.2) is 297 Å². The average Bonchev–Trinajstić information content (AvgIpc) is 3.77. The van der Waals surface area contributed by atoms with Crippen molar-refractivity contribution in [1.82, 2.24) is 0 Å². The molecule has 338 valence electrons. The van der Waals surface area contributed by atoms with Crippen LogP contribution in [0.25, 0.3) is 77.5 Å². The van der Waals surface area contributed by atoms with Crippen molar-refractivity contribution >= 4 is 27.8 Å². The normalized spacial score (nSPS) is 12.3. The second-order valence-electron chi connectivity index (χ2n) is 18.8. The van der Waals surface area contributed by atoms with Gasteiger partial charge < -0.3 is 4.90 Å². The van der Waals surface area contributed by atoms with Crippen LogP contribution in [0.4, 0.5) is 17.1 Å². The highest BCUT2D eigenvalue weighted by Gasteiger charge is 2.46. The van der Waals surface area contributed by atoms with Gasteiger partial charge in [0, 0.05) is 16.9 Å². The van der Waals surface area contributed by atoms with E-state index in [1.165, 1.54) is 88.7 Å². The van der Waals surface area contributed by atoms with Crippen LogP contribution >= 0.6 is 0 Å². The highest BCUT2D eigenvalue weighted by atomic mass is 15.1. The molecule has 72 heavy (non-hydrogen) atoms. The smallest absolute Gasteiger partial charge is 0.0713 e. The van der Waals surface area contributed by atoms with Crippen LogP contribution in [-0.2, 0) is 5.41 Å². The van der Waals surface area contributed by atoms with Crippen molar-refractivity contribution in [1.29, 1.82) is 0 Å². The molecule has 0 N–H and O–H groups in total. The lowest BCUT2D eigenvalue weighted by Crippen LogP contribution is -2.28. The first-order valence-corrected chi connectivity index (χ1v) is 24.9. The zero-order valence-corrected chi connectivity index (χ0v) is 39.7. The van der Waals surface area contributed by atoms with Gasteiger partial charge in [0.1, 0.15) is 0 Å². The zero-order chi connectivity index (χ0) is 47.8. The van der Waals surface area contributed by atoms with Gasteiger partial charge in [-0.25, -0.2) is 0 Å². The quantitative estimate of drug-likeness (QED) is 0.132. The van der Waals surface area contributed by atoms with E-state index in [4.69, 9.17) is 0 Å². The van der Waals surface area contributed by atoms with Gasteiger partial charge in [-0.2, -0.15) is 0 Å². The Labute approximate surface area is 422 Å². The van der Waals surface area contributed by atoms with Crippen molar-refractivity contribution in [2.75, 3.05) is 4.90 Å². The second-order valence-corrected chi connectivity index (χ2v) is 18.8. The molecule has 0 aromatic heterocycles. The van der Waals surface area contributed by atoms with Gasteiger partial charge in [0.05, 0.1) is 11.1 Å². The summed E-state index contributed by atoms with van der Waals surface area (Å²) in [4.78, 5) is 2.42. The van der Waals surface area contributed by atoms with E-state index in [0.717, 1.165) is 28.2 Å². The molecule has 0 unspecified atom stereocenters. The number of benzene rings is 12. The van der Waals surface area contributed by atoms with Gasteiger partial charge in [-0.15, -0.1) is 0 Å². The molecule has 1 aliphatic carbocycles. The van der Waals surface area contributed by atoms with Crippen LogP contribution in [0.3, 0.4) is 0 Å². The number of hydrogen-bond donors (Lipinski definition) is 0. The molecule has 0 fully saturated rings. The van der Waals surface area contributed by atoms with Gasteiger partial charge in [-0.3, -0.25) is 0 Å². The maximum absolute atomic E-state index is 2.45. The predicted molar refractivity (Wildman–Crippen MR) is 303 cm³/mol. The molecule has 0 bridgehead atoms. The van der Waals surface area contributed by atoms with Crippen LogP contribution in [0.2, 0.25) is 0 Å². The van der Waals surface area contributed by atoms with Crippen LogP contribution < -0.4 is 4.90 Å². The molecular weight excluding hydrogens is 867 g/mol. The Hall–Kier alpha value is -9.30. The Balaban J connectivity index is 0.930. The number of fused-ring (bicyclic) bond motifs is 4. The fourth-order valence-electron chi connectivity index (χ4n) is 11.5. The zero-order valence-electron chi connectivity index (χ0n) is 39.7. The number of rotatable bonds is 10. The van der Waals surface area contributed by atoms with Gasteiger partial charge in [-0.1, -0.05) is 255 Å². The maximum Gasteiger partial charge on any atom is 0.0713 e. The molecule has 1 aliphatic rings. The van der Waals surface area contributed by atoms with Gasteiger partial charge >= 0.3 is 0 Å². The molecule has 0 radical (unpaired) electrons. The average molecular weight is 916 g/mol. The second kappa shape index (κ2) is 18.2. The summed E-state index contributed by atoms with van der Waals surface area (Å²) in [6.07, 6.45) is 0. The number of hydrogen-bond acceptors (Lipinski definition) is 1. The van der Waals surface area contributed by atoms with Crippen molar-refractivity contribution in [3.05, 3.63) is 320 Å². The first-order valence-electron chi connectivity index (χ1n) is 24.9. The molecule has 0 atom stereocenters. The third-order valence-corrected chi connectivity index (χ3v) is 14.8. The van der Waals surface area contributed by atoms with Crippen molar-refractivity contribution in [2.45, 2.75) is 5.41 Å². The minimum absolute atomic E-state index is 0.468. The first-order chi connectivity index (χ1) is 35.7. The Bertz CT molecular complexity index is 3850. The van der Waals surface area contributed by atoms with E-state index in [1.54, 1.807) is 0 Å². The molecule has 0 spiro atoms. The minimum Gasteiger partial charge on any atom is -0.310 e. The highest BCUT2D eigenvalue weighted by molar-refractivity contribution is 5.98. The molecule has 0 saturated carbocycles. The summed E-state index contributed by atoms with van der Waals surface area (Å²) in [7, 11) is 0. The monoisotopic (exact) mass is 915 g/mol. The summed E-state index contributed by atoms with van der Waals surface area (Å²) in [5.41, 5.74) is 22.4. The highest BCUT2D eigenvalue weighted by Crippen LogP contribution is 2.57. The maximum atomic E-state index is 2.45. The Morgan fingerprint density at radius 2 is 0.694 bits per heavy atom. The van der Waals surface area contributed by atoms with E-state index in [9.17, 15) is 0 Å². The summed E-state index contributed by atoms with van der Waals surface area (Å²) < 4.78 is 0. The minimum atomic E-state index is -0.468. The van der Waals surface area contributed by atoms with Crippen molar-refractivity contribution < 1.29 is 0 Å². The molecule has 13 rings (SSSR count). The predicted octanol–water partition coefficient (Wildman–Crippen LogP) is 19.0. The van der Waals surface area contributed by atoms with Crippen LogP contribution in [-0.4, -0.2) is 0 Å². The van der Waals surface area contributed by atoms with Gasteiger partial charge in [-0.05, 0) is 137 Å². The molecule has 0 amide bonds. The van der Waals surface area contributed by atoms with Crippen molar-refractivity contribution in [2.24, 2.45) is 0 Å². The first kappa shape index (κ1) is 42.8. The summed E-state index contributed by atoms with van der Waals surface area (Å²) >= 11 is 0. The van der Waals surface area contributed by atoms with E-state index in [2.05, 4.69) is 302 Å². The van der Waals surface area contributed by atoms with E-state index in [1.807, 2.05) is 0 Å². The van der Waals surface area contributed by atoms with Gasteiger partial charge in [0.25, 0.3) is 0 Å². The van der Waals surface area contributed by atoms with Gasteiger partial charge in [0.15, 0.2) is 0 Å². The number of nitrogens with zero attached hydrogens (tertiary/aromatic N) is 1. The lowest BCUT2D eigenvalue weighted by Gasteiger charge is -2.34. The van der Waals surface area contributed by atoms with Crippen LogP contribution in [0.5, 0.6) is 0 Å². The molecule has 1 heteroatoms. The van der Waals surface area contributed by atoms with Crippen molar-refractivity contribution in [3.8, 4) is 66.8 Å². The summed E-state index contributed by atoms with van der Waals surface area (Å²) in [6, 6.07) is 109. The molecule has 12 aromatic carbocycles. The molecule has 1 nitrogen and oxygen atoms in total. The van der Waals surface area contributed by atoms with Crippen molar-refractivity contribution in [3.63, 3.8) is 0 Å². The molecule has 0 saturated heterocycles. The summed E-state index contributed by atoms with van der Waals surface area (Å²) in [5.74, 6) is 0. The van der Waals surface area contributed by atoms with Gasteiger partial charge in [0.2, 0.25) is 0 Å². The molecular formula is C71H49N. The fraction of sp³-hybridized carbons (Fsp3) is 0.0141. The molecule has 12 aromatic rings. The lowest BCUT2D eigenvalue weighted by molar-refractivity contribution is 0.769. The Kier molecular flexibility index (Phi) is 10.8. The van der Waals surface area contributed by atoms with E-state index in [0.29, 0.717) is 0 Å². The molecule has 0 aliphatic heterocycles. The van der Waals surface area contributed by atoms with E-state index in [-0.39, 0.29) is 0 Å². The summed E-state index contributed by atoms with van der Waals surface area (Å²) in [6.45, 7) is 0. The Morgan fingerprint density at radius 3 is 1.39 bits per heavy atom. The van der Waals surface area contributed by atoms with E-state index < -0.39 is 5.41 Å². The van der Waals surface area contributed by atoms with E-state index >= 15 is 0 Å². The van der Waals surface area contributed by atoms with Crippen LogP contribution in [0.1, 0.15) is 22.3 Å². The van der Waals surface area contributed by atoms with Crippen LogP contribution in [0, 0.1) is 0 Å². The topological polar surface area (TPSA) is 3.24 Å². The fourth-order valence-corrected chi connectivity index (χ4v) is 11.5. The third kappa shape index (κ3) is 7.34. The summed E-state index contributed by atoms with van der Waals surface area (Å²) in [5, 5.41) is 2.51. The third-order valence-electron chi connectivity index (χ3n) is 14.8. The number of para-hydroxylation sites is 1. The molecule has 0 heterocycles. The number of anilines is 3. The SMILES string of the molecule is c1ccc(-c2ccccc2-c2ccccc2N(c2ccc(-c3cccc(-c4cccc5ccccc45)c3)cc2)c2ccc(-c3ccc4c(c3)C(c3ccccc3)(c3ccccc3)c3ccccc3-4)cc2)cc1. The standard InChI is InChI=1S/C71H49N/c1-4-20-52(21-5-1)62-31-12-13-32-64(62)67-34-15-17-37-70(67)72(59-43-38-50(39-44-59)54-24-18-25-56(48-54)63-35-19-23-53-22-10-11-30-61(53)63)60-45-40-51(41-46-60)55-42-47-66-65-33-14-16-36-68(65)71(69(66)49-55,57-26-6-2-7-27-57)58-28-8-3-9-29-58/h1-49H. The Morgan fingerprint density at radius 1 is 0.236 bits per heavy atom.